The number of carbonyl (C=O) groups is 1. The Morgan fingerprint density at radius 1 is 1.29 bits per heavy atom. The third-order valence-electron chi connectivity index (χ3n) is 2.56. The van der Waals surface area contributed by atoms with Crippen LogP contribution in [0.4, 0.5) is 5.69 Å². The summed E-state index contributed by atoms with van der Waals surface area (Å²) in [6.07, 6.45) is 6.14. The number of phenolic OH excluding ortho intramolecular Hbond substituents is 1. The van der Waals surface area contributed by atoms with Gasteiger partial charge in [-0.25, -0.2) is 0 Å². The molecule has 5 nitrogen and oxygen atoms in total. The van der Waals surface area contributed by atoms with Gasteiger partial charge in [0.2, 0.25) is 0 Å². The van der Waals surface area contributed by atoms with E-state index in [2.05, 4.69) is 5.32 Å². The summed E-state index contributed by atoms with van der Waals surface area (Å²) in [5.74, 6) is 0.209. The molecule has 0 atom stereocenters. The predicted molar refractivity (Wildman–Crippen MR) is 78.2 cm³/mol. The number of hydrogen-bond acceptors (Lipinski definition) is 4. The van der Waals surface area contributed by atoms with Gasteiger partial charge in [0.25, 0.3) is 5.91 Å². The number of nitriles is 1. The number of phenols is 1. The molecule has 2 N–H and O–H groups in total. The van der Waals surface area contributed by atoms with Crippen LogP contribution in [0.5, 0.6) is 5.75 Å². The minimum Gasteiger partial charge on any atom is -0.508 e. The number of rotatable bonds is 4. The molecule has 2 rings (SSSR count). The summed E-state index contributed by atoms with van der Waals surface area (Å²) in [6.45, 7) is 0. The number of amides is 1. The lowest BCUT2D eigenvalue weighted by atomic mass is 10.2. The van der Waals surface area contributed by atoms with Gasteiger partial charge in [0.1, 0.15) is 23.2 Å². The third-order valence-corrected chi connectivity index (χ3v) is 2.56. The number of nitrogens with one attached hydrogen (secondary N) is 1. The van der Waals surface area contributed by atoms with E-state index in [0.717, 1.165) is 0 Å². The lowest BCUT2D eigenvalue weighted by molar-refractivity contribution is -0.112. The molecule has 0 radical (unpaired) electrons. The maximum atomic E-state index is 11.9. The minimum atomic E-state index is -0.521. The van der Waals surface area contributed by atoms with Gasteiger partial charge in [0, 0.05) is 5.69 Å². The summed E-state index contributed by atoms with van der Waals surface area (Å²) in [6, 6.07) is 11.3. The van der Waals surface area contributed by atoms with Gasteiger partial charge in [-0.15, -0.1) is 0 Å². The second kappa shape index (κ2) is 6.78. The first-order valence-corrected chi connectivity index (χ1v) is 6.11. The van der Waals surface area contributed by atoms with Crippen LogP contribution in [-0.2, 0) is 4.79 Å². The van der Waals surface area contributed by atoms with E-state index in [0.29, 0.717) is 11.4 Å². The minimum absolute atomic E-state index is 0.0362. The molecule has 2 aromatic rings. The Labute approximate surface area is 121 Å². The Balaban J connectivity index is 2.04. The van der Waals surface area contributed by atoms with Crippen LogP contribution in [0.2, 0.25) is 0 Å². The lowest BCUT2D eigenvalue weighted by Gasteiger charge is -2.03. The average Bonchev–Trinajstić information content (AvgIpc) is 2.99. The van der Waals surface area contributed by atoms with E-state index < -0.39 is 5.91 Å². The molecule has 0 spiro atoms. The van der Waals surface area contributed by atoms with Crippen LogP contribution >= 0.6 is 0 Å². The van der Waals surface area contributed by atoms with Crippen molar-refractivity contribution in [1.29, 1.82) is 5.26 Å². The number of anilines is 1. The molecule has 0 saturated carbocycles. The summed E-state index contributed by atoms with van der Waals surface area (Å²) in [5.41, 5.74) is 0.458. The second-order valence-corrected chi connectivity index (χ2v) is 4.07. The van der Waals surface area contributed by atoms with Crippen LogP contribution in [0.25, 0.3) is 6.08 Å². The van der Waals surface area contributed by atoms with Crippen LogP contribution in [0.15, 0.2) is 64.8 Å². The number of hydrogen-bond donors (Lipinski definition) is 2. The Morgan fingerprint density at radius 3 is 2.67 bits per heavy atom. The lowest BCUT2D eigenvalue weighted by Crippen LogP contribution is -2.13. The number of allylic oxidation sites excluding steroid dienone is 2. The average molecular weight is 280 g/mol. The van der Waals surface area contributed by atoms with Gasteiger partial charge in [-0.3, -0.25) is 4.79 Å². The van der Waals surface area contributed by atoms with Crippen molar-refractivity contribution in [2.45, 2.75) is 0 Å². The largest absolute Gasteiger partial charge is 0.508 e. The number of furan rings is 1. The summed E-state index contributed by atoms with van der Waals surface area (Å²) < 4.78 is 5.09. The molecule has 0 aliphatic carbocycles. The zero-order valence-electron chi connectivity index (χ0n) is 11.0. The molecule has 0 aliphatic heterocycles. The van der Waals surface area contributed by atoms with Crippen molar-refractivity contribution in [2.75, 3.05) is 5.32 Å². The van der Waals surface area contributed by atoms with Gasteiger partial charge in [-0.1, -0.05) is 6.08 Å². The highest BCUT2D eigenvalue weighted by atomic mass is 16.3. The van der Waals surface area contributed by atoms with Crippen molar-refractivity contribution in [2.24, 2.45) is 0 Å². The van der Waals surface area contributed by atoms with Gasteiger partial charge in [0.05, 0.1) is 6.26 Å². The Bertz CT molecular complexity index is 705. The molecule has 1 aromatic heterocycles. The molecule has 0 saturated heterocycles. The van der Waals surface area contributed by atoms with Crippen molar-refractivity contribution in [1.82, 2.24) is 0 Å². The van der Waals surface area contributed by atoms with E-state index in [1.54, 1.807) is 36.4 Å². The van der Waals surface area contributed by atoms with Crippen LogP contribution in [-0.4, -0.2) is 11.0 Å². The van der Waals surface area contributed by atoms with Gasteiger partial charge in [0.15, 0.2) is 0 Å². The summed E-state index contributed by atoms with van der Waals surface area (Å²) >= 11 is 0. The first kappa shape index (κ1) is 14.2. The summed E-state index contributed by atoms with van der Waals surface area (Å²) in [5, 5.41) is 20.7. The highest BCUT2D eigenvalue weighted by molar-refractivity contribution is 6.06. The third kappa shape index (κ3) is 4.11. The molecule has 21 heavy (non-hydrogen) atoms. The van der Waals surface area contributed by atoms with Crippen molar-refractivity contribution in [3.8, 4) is 11.8 Å². The Kier molecular flexibility index (Phi) is 4.57. The first-order chi connectivity index (χ1) is 10.2. The quantitative estimate of drug-likeness (QED) is 0.390. The highest BCUT2D eigenvalue weighted by Gasteiger charge is 2.08. The fourth-order valence-electron chi connectivity index (χ4n) is 1.53. The fourth-order valence-corrected chi connectivity index (χ4v) is 1.53. The van der Waals surface area contributed by atoms with Crippen LogP contribution in [0.1, 0.15) is 5.76 Å². The van der Waals surface area contributed by atoms with E-state index in [-0.39, 0.29) is 11.3 Å². The maximum absolute atomic E-state index is 11.9. The van der Waals surface area contributed by atoms with Crippen LogP contribution in [0, 0.1) is 11.3 Å². The van der Waals surface area contributed by atoms with Gasteiger partial charge >= 0.3 is 0 Å². The van der Waals surface area contributed by atoms with E-state index in [1.807, 2.05) is 6.07 Å². The molecule has 1 amide bonds. The fraction of sp³-hybridized carbons (Fsp3) is 0. The van der Waals surface area contributed by atoms with E-state index in [1.165, 1.54) is 24.5 Å². The predicted octanol–water partition coefficient (Wildman–Crippen LogP) is 3.09. The van der Waals surface area contributed by atoms with Crippen LogP contribution in [0.3, 0.4) is 0 Å². The van der Waals surface area contributed by atoms with Crippen molar-refractivity contribution >= 4 is 17.7 Å². The van der Waals surface area contributed by atoms with Crippen molar-refractivity contribution in [3.63, 3.8) is 0 Å². The number of benzene rings is 1. The summed E-state index contributed by atoms with van der Waals surface area (Å²) in [4.78, 5) is 11.9. The smallest absolute Gasteiger partial charge is 0.266 e. The number of aromatic hydroxyl groups is 1. The second-order valence-electron chi connectivity index (χ2n) is 4.07. The van der Waals surface area contributed by atoms with Crippen molar-refractivity contribution in [3.05, 3.63) is 66.1 Å². The molecule has 0 fully saturated rings. The molecular formula is C16H12N2O3. The molecule has 5 heteroatoms. The molecule has 104 valence electrons. The SMILES string of the molecule is N#C/C(=C/C=C/c1ccco1)C(=O)Nc1ccc(O)cc1. The van der Waals surface area contributed by atoms with E-state index in [4.69, 9.17) is 14.8 Å². The molecular weight excluding hydrogens is 268 g/mol. The topological polar surface area (TPSA) is 86.3 Å². The van der Waals surface area contributed by atoms with E-state index >= 15 is 0 Å². The maximum Gasteiger partial charge on any atom is 0.266 e. The summed E-state index contributed by atoms with van der Waals surface area (Å²) in [7, 11) is 0. The number of carbonyl (C=O) groups excluding carboxylic acids is 1. The molecule has 0 aliphatic rings. The van der Waals surface area contributed by atoms with Gasteiger partial charge in [-0.2, -0.15) is 5.26 Å². The van der Waals surface area contributed by atoms with Crippen molar-refractivity contribution < 1.29 is 14.3 Å². The van der Waals surface area contributed by atoms with Gasteiger partial charge < -0.3 is 14.8 Å². The number of nitrogens with zero attached hydrogens (tertiary/aromatic N) is 1. The highest BCUT2D eigenvalue weighted by Crippen LogP contribution is 2.14. The Hall–Kier alpha value is -3.26. The zero-order chi connectivity index (χ0) is 15.1. The Morgan fingerprint density at radius 2 is 2.05 bits per heavy atom. The molecule has 1 heterocycles. The zero-order valence-corrected chi connectivity index (χ0v) is 11.0. The van der Waals surface area contributed by atoms with E-state index in [9.17, 15) is 4.79 Å². The molecule has 1 aromatic carbocycles. The van der Waals surface area contributed by atoms with Gasteiger partial charge in [-0.05, 0) is 48.6 Å². The first-order valence-electron chi connectivity index (χ1n) is 6.11. The molecule has 0 bridgehead atoms. The normalized spacial score (nSPS) is 11.3. The molecule has 0 unspecified atom stereocenters. The standard InChI is InChI=1S/C16H12N2O3/c17-11-12(3-1-4-15-5-2-10-21-15)16(20)18-13-6-8-14(19)9-7-13/h1-10,19H,(H,18,20)/b4-1+,12-3-. The monoisotopic (exact) mass is 280 g/mol. The van der Waals surface area contributed by atoms with Crippen LogP contribution < -0.4 is 5.32 Å².